The predicted octanol–water partition coefficient (Wildman–Crippen LogP) is 4.61. The summed E-state index contributed by atoms with van der Waals surface area (Å²) in [4.78, 5) is 12.7. The van der Waals surface area contributed by atoms with E-state index in [9.17, 15) is 13.2 Å². The Morgan fingerprint density at radius 3 is 2.29 bits per heavy atom. The van der Waals surface area contributed by atoms with Gasteiger partial charge in [-0.2, -0.15) is 0 Å². The van der Waals surface area contributed by atoms with Crippen molar-refractivity contribution < 1.29 is 13.2 Å². The lowest BCUT2D eigenvalue weighted by atomic mass is 10.1. The molecule has 0 spiro atoms. The number of carbonyl (C=O) groups excluding carboxylic acids is 1. The van der Waals surface area contributed by atoms with Crippen molar-refractivity contribution in [3.8, 4) is 0 Å². The zero-order valence-electron chi connectivity index (χ0n) is 15.8. The summed E-state index contributed by atoms with van der Waals surface area (Å²) < 4.78 is 28.1. The lowest BCUT2D eigenvalue weighted by molar-refractivity contribution is 0.102. The zero-order valence-corrected chi connectivity index (χ0v) is 16.6. The van der Waals surface area contributed by atoms with Crippen LogP contribution in [0.5, 0.6) is 0 Å². The average Bonchev–Trinajstić information content (AvgIpc) is 2.70. The summed E-state index contributed by atoms with van der Waals surface area (Å²) in [5.41, 5.74) is 3.34. The fourth-order valence-electron chi connectivity index (χ4n) is 2.84. The Bertz CT molecular complexity index is 1110. The number of hydrogen-bond donors (Lipinski definition) is 2. The molecule has 2 N–H and O–H groups in total. The van der Waals surface area contributed by atoms with E-state index in [1.54, 1.807) is 24.3 Å². The molecule has 5 nitrogen and oxygen atoms in total. The maximum atomic E-state index is 12.7. The molecule has 0 radical (unpaired) electrons. The van der Waals surface area contributed by atoms with E-state index in [2.05, 4.69) is 10.0 Å². The fourth-order valence-corrected chi connectivity index (χ4v) is 4.02. The Labute approximate surface area is 165 Å². The van der Waals surface area contributed by atoms with Crippen LogP contribution in [-0.2, 0) is 16.4 Å². The third-order valence-corrected chi connectivity index (χ3v) is 5.81. The highest BCUT2D eigenvalue weighted by Gasteiger charge is 2.17. The number of para-hydroxylation sites is 2. The van der Waals surface area contributed by atoms with Crippen molar-refractivity contribution >= 4 is 27.3 Å². The van der Waals surface area contributed by atoms with Crippen molar-refractivity contribution in [2.45, 2.75) is 25.2 Å². The third-order valence-electron chi connectivity index (χ3n) is 4.44. The van der Waals surface area contributed by atoms with Gasteiger partial charge in [0, 0.05) is 11.3 Å². The second-order valence-electron chi connectivity index (χ2n) is 6.41. The molecule has 0 atom stereocenters. The number of anilines is 2. The number of hydrogen-bond acceptors (Lipinski definition) is 3. The van der Waals surface area contributed by atoms with Crippen LogP contribution >= 0.6 is 0 Å². The number of rotatable bonds is 6. The molecule has 0 saturated heterocycles. The zero-order chi connectivity index (χ0) is 20.1. The van der Waals surface area contributed by atoms with Crippen LogP contribution in [0.25, 0.3) is 0 Å². The van der Waals surface area contributed by atoms with Crippen LogP contribution in [0.2, 0.25) is 0 Å². The maximum Gasteiger partial charge on any atom is 0.261 e. The molecule has 3 rings (SSSR count). The molecule has 6 heteroatoms. The van der Waals surface area contributed by atoms with Crippen molar-refractivity contribution in [2.24, 2.45) is 0 Å². The number of benzene rings is 3. The Kier molecular flexibility index (Phi) is 5.80. The van der Waals surface area contributed by atoms with Gasteiger partial charge in [-0.25, -0.2) is 8.42 Å². The number of carbonyl (C=O) groups is 1. The van der Waals surface area contributed by atoms with Crippen molar-refractivity contribution in [3.63, 3.8) is 0 Å². The van der Waals surface area contributed by atoms with E-state index < -0.39 is 10.0 Å². The van der Waals surface area contributed by atoms with E-state index in [0.717, 1.165) is 23.2 Å². The lowest BCUT2D eigenvalue weighted by Crippen LogP contribution is -2.16. The first kappa shape index (κ1) is 19.6. The van der Waals surface area contributed by atoms with E-state index in [4.69, 9.17) is 0 Å². The van der Waals surface area contributed by atoms with Crippen LogP contribution in [0, 0.1) is 6.92 Å². The molecule has 0 aliphatic carbocycles. The van der Waals surface area contributed by atoms with E-state index >= 15 is 0 Å². The first-order chi connectivity index (χ1) is 13.4. The van der Waals surface area contributed by atoms with E-state index in [1.807, 2.05) is 50.2 Å². The van der Waals surface area contributed by atoms with Crippen LogP contribution in [0.3, 0.4) is 0 Å². The van der Waals surface area contributed by atoms with Gasteiger partial charge in [0.2, 0.25) is 0 Å². The van der Waals surface area contributed by atoms with Gasteiger partial charge >= 0.3 is 0 Å². The Balaban J connectivity index is 1.85. The maximum absolute atomic E-state index is 12.7. The van der Waals surface area contributed by atoms with Gasteiger partial charge in [-0.05, 0) is 54.8 Å². The quantitative estimate of drug-likeness (QED) is 0.641. The van der Waals surface area contributed by atoms with Crippen LogP contribution in [0.4, 0.5) is 11.4 Å². The van der Waals surface area contributed by atoms with Crippen molar-refractivity contribution in [1.82, 2.24) is 0 Å². The molecule has 3 aromatic carbocycles. The molecule has 0 heterocycles. The summed E-state index contributed by atoms with van der Waals surface area (Å²) in [5, 5.41) is 2.86. The molecule has 144 valence electrons. The van der Waals surface area contributed by atoms with Gasteiger partial charge in [-0.3, -0.25) is 9.52 Å². The van der Waals surface area contributed by atoms with E-state index in [1.165, 1.54) is 12.1 Å². The summed E-state index contributed by atoms with van der Waals surface area (Å²) in [6, 6.07) is 20.7. The van der Waals surface area contributed by atoms with Gasteiger partial charge in [0.15, 0.2) is 0 Å². The highest BCUT2D eigenvalue weighted by atomic mass is 32.2. The highest BCUT2D eigenvalue weighted by molar-refractivity contribution is 7.92. The van der Waals surface area contributed by atoms with E-state index in [-0.39, 0.29) is 16.4 Å². The molecule has 0 bridgehead atoms. The molecular formula is C22H22N2O3S. The number of aryl methyl sites for hydroxylation is 2. The van der Waals surface area contributed by atoms with Gasteiger partial charge in [-0.1, -0.05) is 49.4 Å². The Morgan fingerprint density at radius 1 is 0.893 bits per heavy atom. The van der Waals surface area contributed by atoms with Crippen LogP contribution in [0.1, 0.15) is 28.4 Å². The highest BCUT2D eigenvalue weighted by Crippen LogP contribution is 2.21. The molecule has 0 unspecified atom stereocenters. The normalized spacial score (nSPS) is 11.1. The van der Waals surface area contributed by atoms with Gasteiger partial charge in [0.25, 0.3) is 15.9 Å². The molecule has 0 aliphatic rings. The monoisotopic (exact) mass is 394 g/mol. The summed E-state index contributed by atoms with van der Waals surface area (Å²) in [6.45, 7) is 3.84. The molecule has 0 aliphatic heterocycles. The standard InChI is InChI=1S/C22H22N2O3S/c1-3-17-10-5-7-14-21(17)23-22(25)18-11-8-12-19(15-18)28(26,27)24-20-13-6-4-9-16(20)2/h4-15,24H,3H2,1-2H3,(H,23,25). The first-order valence-corrected chi connectivity index (χ1v) is 10.5. The van der Waals surface area contributed by atoms with Crippen LogP contribution in [-0.4, -0.2) is 14.3 Å². The third kappa shape index (κ3) is 4.40. The van der Waals surface area contributed by atoms with E-state index in [0.29, 0.717) is 5.69 Å². The summed E-state index contributed by atoms with van der Waals surface area (Å²) in [6.07, 6.45) is 0.783. The number of sulfonamides is 1. The van der Waals surface area contributed by atoms with Crippen LogP contribution < -0.4 is 10.0 Å². The van der Waals surface area contributed by atoms with Crippen molar-refractivity contribution in [2.75, 3.05) is 10.0 Å². The van der Waals surface area contributed by atoms with Gasteiger partial charge in [-0.15, -0.1) is 0 Å². The molecule has 1 amide bonds. The minimum atomic E-state index is -3.81. The minimum absolute atomic E-state index is 0.0344. The van der Waals surface area contributed by atoms with Gasteiger partial charge in [0.1, 0.15) is 0 Å². The molecule has 28 heavy (non-hydrogen) atoms. The Hall–Kier alpha value is -3.12. The Morgan fingerprint density at radius 2 is 1.57 bits per heavy atom. The topological polar surface area (TPSA) is 75.3 Å². The molecule has 0 saturated carbocycles. The first-order valence-electron chi connectivity index (χ1n) is 8.98. The van der Waals surface area contributed by atoms with Crippen molar-refractivity contribution in [1.29, 1.82) is 0 Å². The number of nitrogens with one attached hydrogen (secondary N) is 2. The molecular weight excluding hydrogens is 372 g/mol. The molecule has 0 aromatic heterocycles. The van der Waals surface area contributed by atoms with Crippen molar-refractivity contribution in [3.05, 3.63) is 89.5 Å². The average molecular weight is 394 g/mol. The summed E-state index contributed by atoms with van der Waals surface area (Å²) >= 11 is 0. The summed E-state index contributed by atoms with van der Waals surface area (Å²) in [5.74, 6) is -0.353. The number of amides is 1. The smallest absolute Gasteiger partial charge is 0.261 e. The SMILES string of the molecule is CCc1ccccc1NC(=O)c1cccc(S(=O)(=O)Nc2ccccc2C)c1. The van der Waals surface area contributed by atoms with Gasteiger partial charge < -0.3 is 5.32 Å². The van der Waals surface area contributed by atoms with Gasteiger partial charge in [0.05, 0.1) is 10.6 Å². The minimum Gasteiger partial charge on any atom is -0.322 e. The second kappa shape index (κ2) is 8.27. The van der Waals surface area contributed by atoms with Crippen LogP contribution in [0.15, 0.2) is 77.7 Å². The lowest BCUT2D eigenvalue weighted by Gasteiger charge is -2.12. The largest absolute Gasteiger partial charge is 0.322 e. The molecule has 3 aromatic rings. The molecule has 0 fully saturated rings. The second-order valence-corrected chi connectivity index (χ2v) is 8.10. The predicted molar refractivity (Wildman–Crippen MR) is 112 cm³/mol. The summed E-state index contributed by atoms with van der Waals surface area (Å²) in [7, 11) is -3.81. The fraction of sp³-hybridized carbons (Fsp3) is 0.136.